The van der Waals surface area contributed by atoms with Crippen molar-refractivity contribution in [3.8, 4) is 0 Å². The van der Waals surface area contributed by atoms with Crippen LogP contribution in [0.4, 0.5) is 5.69 Å². The van der Waals surface area contributed by atoms with Gasteiger partial charge in [0.25, 0.3) is 0 Å². The first-order valence-corrected chi connectivity index (χ1v) is 15.1. The van der Waals surface area contributed by atoms with Crippen molar-refractivity contribution in [1.82, 2.24) is 10.2 Å². The van der Waals surface area contributed by atoms with Crippen molar-refractivity contribution >= 4 is 39.1 Å². The minimum Gasteiger partial charge on any atom is -0.354 e. The third-order valence-corrected chi connectivity index (χ3v) is 7.90. The lowest BCUT2D eigenvalue weighted by Gasteiger charge is -2.31. The van der Waals surface area contributed by atoms with Crippen LogP contribution in [0.25, 0.3) is 0 Å². The van der Waals surface area contributed by atoms with Crippen molar-refractivity contribution < 1.29 is 18.0 Å². The maximum atomic E-state index is 13.5. The average Bonchev–Trinajstić information content (AvgIpc) is 2.83. The summed E-state index contributed by atoms with van der Waals surface area (Å²) in [5, 5.41) is 3.44. The van der Waals surface area contributed by atoms with Crippen molar-refractivity contribution in [3.05, 3.63) is 64.2 Å². The number of halogens is 1. The molecule has 0 radical (unpaired) electrons. The first-order valence-electron chi connectivity index (χ1n) is 12.8. The van der Waals surface area contributed by atoms with Crippen LogP contribution in [-0.2, 0) is 26.2 Å². The number of hydrogen-bond acceptors (Lipinski definition) is 4. The number of carbonyl (C=O) groups excluding carboxylic acids is 2. The number of nitrogens with zero attached hydrogens (tertiary/aromatic N) is 2. The number of nitrogens with one attached hydrogen (secondary N) is 1. The molecule has 0 saturated heterocycles. The molecule has 0 aliphatic carbocycles. The van der Waals surface area contributed by atoms with E-state index in [4.69, 9.17) is 11.6 Å². The molecule has 2 aromatic rings. The lowest BCUT2D eigenvalue weighted by atomic mass is 10.1. The lowest BCUT2D eigenvalue weighted by Crippen LogP contribution is -2.49. The highest BCUT2D eigenvalue weighted by Gasteiger charge is 2.29. The number of unbranched alkanes of at least 4 members (excludes halogenated alkanes) is 1. The molecule has 2 aromatic carbocycles. The van der Waals surface area contributed by atoms with E-state index in [1.54, 1.807) is 30.0 Å². The van der Waals surface area contributed by atoms with E-state index in [0.717, 1.165) is 30.2 Å². The van der Waals surface area contributed by atoms with Crippen molar-refractivity contribution in [2.45, 2.75) is 72.4 Å². The molecular formula is C28H40ClN3O4S. The van der Waals surface area contributed by atoms with Crippen LogP contribution in [0.5, 0.6) is 0 Å². The topological polar surface area (TPSA) is 86.8 Å². The van der Waals surface area contributed by atoms with Gasteiger partial charge < -0.3 is 10.2 Å². The number of anilines is 1. The van der Waals surface area contributed by atoms with E-state index in [2.05, 4.69) is 12.2 Å². The molecule has 2 rings (SSSR count). The molecule has 204 valence electrons. The average molecular weight is 550 g/mol. The smallest absolute Gasteiger partial charge is 0.242 e. The Morgan fingerprint density at radius 1 is 1.05 bits per heavy atom. The van der Waals surface area contributed by atoms with Gasteiger partial charge >= 0.3 is 0 Å². The molecule has 1 N–H and O–H groups in total. The Balaban J connectivity index is 2.23. The van der Waals surface area contributed by atoms with Crippen molar-refractivity contribution in [3.63, 3.8) is 0 Å². The van der Waals surface area contributed by atoms with Gasteiger partial charge in [-0.3, -0.25) is 13.9 Å². The van der Waals surface area contributed by atoms with Gasteiger partial charge in [0.1, 0.15) is 6.04 Å². The Kier molecular flexibility index (Phi) is 11.9. The summed E-state index contributed by atoms with van der Waals surface area (Å²) < 4.78 is 26.5. The number of benzene rings is 2. The Labute approximate surface area is 227 Å². The van der Waals surface area contributed by atoms with Gasteiger partial charge in [0.2, 0.25) is 21.8 Å². The quantitative estimate of drug-likeness (QED) is 0.327. The van der Waals surface area contributed by atoms with Gasteiger partial charge in [0, 0.05) is 31.1 Å². The summed E-state index contributed by atoms with van der Waals surface area (Å²) >= 11 is 6.23. The van der Waals surface area contributed by atoms with E-state index in [0.29, 0.717) is 42.2 Å². The van der Waals surface area contributed by atoms with E-state index in [-0.39, 0.29) is 24.8 Å². The third-order valence-electron chi connectivity index (χ3n) is 6.31. The van der Waals surface area contributed by atoms with Crippen LogP contribution >= 0.6 is 11.6 Å². The molecule has 9 heteroatoms. The van der Waals surface area contributed by atoms with Crippen LogP contribution < -0.4 is 9.62 Å². The summed E-state index contributed by atoms with van der Waals surface area (Å²) in [6.07, 6.45) is 3.87. The Morgan fingerprint density at radius 3 is 2.38 bits per heavy atom. The first kappa shape index (κ1) is 30.6. The number of hydrogen-bond donors (Lipinski definition) is 1. The summed E-state index contributed by atoms with van der Waals surface area (Å²) in [5.41, 5.74) is 3.18. The zero-order chi connectivity index (χ0) is 27.6. The van der Waals surface area contributed by atoms with Crippen molar-refractivity contribution in [2.75, 3.05) is 23.7 Å². The van der Waals surface area contributed by atoms with Gasteiger partial charge in [0.05, 0.1) is 11.9 Å². The molecule has 2 amide bonds. The summed E-state index contributed by atoms with van der Waals surface area (Å²) in [6, 6.07) is 12.4. The minimum absolute atomic E-state index is 0.107. The van der Waals surface area contributed by atoms with Crippen LogP contribution in [0, 0.1) is 13.8 Å². The molecule has 0 aromatic heterocycles. The second-order valence-electron chi connectivity index (χ2n) is 9.40. The zero-order valence-electron chi connectivity index (χ0n) is 22.6. The fourth-order valence-electron chi connectivity index (χ4n) is 4.28. The standard InChI is InChI=1S/C28H40ClN3O4S/c1-6-8-17-30-28(34)25(7-2)31(20-23-13-9-12-21(3)19-23)27(33)16-11-18-32(37(5,35)36)26-15-10-14-24(29)22(26)4/h9-10,12-15,19,25H,6-8,11,16-18,20H2,1-5H3,(H,30,34)/t25-/m1/s1. The van der Waals surface area contributed by atoms with Crippen molar-refractivity contribution in [1.29, 1.82) is 0 Å². The molecule has 0 unspecified atom stereocenters. The maximum absolute atomic E-state index is 13.5. The molecule has 0 aliphatic heterocycles. The summed E-state index contributed by atoms with van der Waals surface area (Å²) in [6.45, 7) is 8.72. The Morgan fingerprint density at radius 2 is 1.76 bits per heavy atom. The fourth-order valence-corrected chi connectivity index (χ4v) is 5.47. The van der Waals surface area contributed by atoms with E-state index >= 15 is 0 Å². The van der Waals surface area contributed by atoms with E-state index in [1.165, 1.54) is 4.31 Å². The van der Waals surface area contributed by atoms with Gasteiger partial charge in [0.15, 0.2) is 0 Å². The largest absolute Gasteiger partial charge is 0.354 e. The molecule has 7 nitrogen and oxygen atoms in total. The van der Waals surface area contributed by atoms with Gasteiger partial charge in [-0.05, 0) is 56.4 Å². The molecule has 37 heavy (non-hydrogen) atoms. The molecule has 0 bridgehead atoms. The van der Waals surface area contributed by atoms with Crippen LogP contribution in [0.1, 0.15) is 62.6 Å². The van der Waals surface area contributed by atoms with E-state index < -0.39 is 16.1 Å². The Hall–Kier alpha value is -2.58. The number of rotatable bonds is 14. The first-order chi connectivity index (χ1) is 17.5. The highest BCUT2D eigenvalue weighted by atomic mass is 35.5. The molecule has 0 heterocycles. The van der Waals surface area contributed by atoms with Crippen LogP contribution in [0.3, 0.4) is 0 Å². The number of aryl methyl sites for hydroxylation is 1. The van der Waals surface area contributed by atoms with E-state index in [9.17, 15) is 18.0 Å². The Bertz CT molecular complexity index is 1170. The summed E-state index contributed by atoms with van der Waals surface area (Å²) in [5.74, 6) is -0.348. The SMILES string of the molecule is CCCCNC(=O)[C@@H](CC)N(Cc1cccc(C)c1)C(=O)CCCN(c1cccc(Cl)c1C)S(C)(=O)=O. The van der Waals surface area contributed by atoms with Gasteiger partial charge in [-0.15, -0.1) is 0 Å². The van der Waals surface area contributed by atoms with Gasteiger partial charge in [-0.25, -0.2) is 8.42 Å². The van der Waals surface area contributed by atoms with Gasteiger partial charge in [-0.1, -0.05) is 67.8 Å². The summed E-state index contributed by atoms with van der Waals surface area (Å²) in [4.78, 5) is 28.2. The zero-order valence-corrected chi connectivity index (χ0v) is 24.2. The second kappa shape index (κ2) is 14.4. The maximum Gasteiger partial charge on any atom is 0.242 e. The normalized spacial score (nSPS) is 12.2. The van der Waals surface area contributed by atoms with Crippen LogP contribution in [0.15, 0.2) is 42.5 Å². The highest BCUT2D eigenvalue weighted by molar-refractivity contribution is 7.92. The molecular weight excluding hydrogens is 510 g/mol. The van der Waals surface area contributed by atoms with E-state index in [1.807, 2.05) is 38.1 Å². The fraction of sp³-hybridized carbons (Fsp3) is 0.500. The highest BCUT2D eigenvalue weighted by Crippen LogP contribution is 2.28. The summed E-state index contributed by atoms with van der Waals surface area (Å²) in [7, 11) is -3.59. The number of sulfonamides is 1. The van der Waals surface area contributed by atoms with Gasteiger partial charge in [-0.2, -0.15) is 0 Å². The molecule has 0 fully saturated rings. The molecule has 0 spiro atoms. The molecule has 0 aliphatic rings. The predicted octanol–water partition coefficient (Wildman–Crippen LogP) is 5.23. The van der Waals surface area contributed by atoms with Crippen LogP contribution in [0.2, 0.25) is 5.02 Å². The number of amides is 2. The monoisotopic (exact) mass is 549 g/mol. The lowest BCUT2D eigenvalue weighted by molar-refractivity contribution is -0.141. The molecule has 1 atom stereocenters. The number of carbonyl (C=O) groups is 2. The van der Waals surface area contributed by atoms with Crippen molar-refractivity contribution in [2.24, 2.45) is 0 Å². The second-order valence-corrected chi connectivity index (χ2v) is 11.7. The predicted molar refractivity (Wildman–Crippen MR) is 151 cm³/mol. The minimum atomic E-state index is -3.59. The van der Waals surface area contributed by atoms with Crippen LogP contribution in [-0.4, -0.2) is 50.5 Å². The third kappa shape index (κ3) is 9.04. The molecule has 0 saturated carbocycles.